The van der Waals surface area contributed by atoms with Crippen LogP contribution in [-0.2, 0) is 17.8 Å². The fraction of sp³-hybridized carbons (Fsp3) is 0.375. The molecule has 1 aromatic carbocycles. The minimum absolute atomic E-state index is 0.00489. The molecule has 1 aliphatic heterocycles. The molecule has 2 aromatic rings. The predicted octanol–water partition coefficient (Wildman–Crippen LogP) is 2.29. The van der Waals surface area contributed by atoms with Gasteiger partial charge in [0, 0.05) is 23.5 Å². The highest BCUT2D eigenvalue weighted by molar-refractivity contribution is 6.30. The van der Waals surface area contributed by atoms with E-state index in [1.807, 2.05) is 31.3 Å². The van der Waals surface area contributed by atoms with Crippen molar-refractivity contribution in [3.8, 4) is 5.75 Å². The zero-order chi connectivity index (χ0) is 15.5. The second-order valence-corrected chi connectivity index (χ2v) is 6.04. The summed E-state index contributed by atoms with van der Waals surface area (Å²) >= 11 is 6.00. The van der Waals surface area contributed by atoms with Crippen molar-refractivity contribution in [1.29, 1.82) is 0 Å². The molecule has 0 bridgehead atoms. The molecule has 5 nitrogen and oxygen atoms in total. The van der Waals surface area contributed by atoms with E-state index >= 15 is 0 Å². The lowest BCUT2D eigenvalue weighted by molar-refractivity contribution is -0.127. The molecule has 1 N–H and O–H groups in total. The number of aromatic nitrogens is 2. The zero-order valence-corrected chi connectivity index (χ0v) is 13.1. The molecule has 0 fully saturated rings. The van der Waals surface area contributed by atoms with Crippen molar-refractivity contribution in [3.05, 3.63) is 47.2 Å². The summed E-state index contributed by atoms with van der Waals surface area (Å²) < 4.78 is 7.47. The van der Waals surface area contributed by atoms with Crippen LogP contribution in [0.1, 0.15) is 12.5 Å². The first-order valence-corrected chi connectivity index (χ1v) is 7.68. The van der Waals surface area contributed by atoms with E-state index in [9.17, 15) is 4.79 Å². The minimum Gasteiger partial charge on any atom is -0.492 e. The second-order valence-electron chi connectivity index (χ2n) is 5.60. The Morgan fingerprint density at radius 3 is 3.23 bits per heavy atom. The molecule has 116 valence electrons. The molecule has 0 spiro atoms. The largest absolute Gasteiger partial charge is 0.492 e. The molecule has 0 aliphatic carbocycles. The lowest BCUT2D eigenvalue weighted by Crippen LogP contribution is -2.43. The number of fused-ring (bicyclic) bond motifs is 1. The maximum atomic E-state index is 12.4. The van der Waals surface area contributed by atoms with Crippen LogP contribution in [0.4, 0.5) is 0 Å². The first kappa shape index (κ1) is 14.9. The summed E-state index contributed by atoms with van der Waals surface area (Å²) in [7, 11) is 0. The molecular weight excluding hydrogens is 302 g/mol. The monoisotopic (exact) mass is 319 g/mol. The summed E-state index contributed by atoms with van der Waals surface area (Å²) in [6.45, 7) is 3.01. The topological polar surface area (TPSA) is 56.2 Å². The van der Waals surface area contributed by atoms with Gasteiger partial charge in [0.2, 0.25) is 5.91 Å². The average molecular weight is 320 g/mol. The van der Waals surface area contributed by atoms with Gasteiger partial charge < -0.3 is 10.1 Å². The molecule has 0 radical (unpaired) electrons. The number of ether oxygens (including phenoxy) is 1. The van der Waals surface area contributed by atoms with Crippen LogP contribution in [0.2, 0.25) is 5.02 Å². The molecule has 1 amide bonds. The van der Waals surface area contributed by atoms with Crippen LogP contribution in [0, 0.1) is 5.92 Å². The summed E-state index contributed by atoms with van der Waals surface area (Å²) in [5, 5.41) is 7.82. The molecule has 0 saturated carbocycles. The van der Waals surface area contributed by atoms with Gasteiger partial charge in [0.15, 0.2) is 0 Å². The number of nitrogens with one attached hydrogen (secondary N) is 1. The van der Waals surface area contributed by atoms with E-state index in [4.69, 9.17) is 16.3 Å². The van der Waals surface area contributed by atoms with Gasteiger partial charge in [0.05, 0.1) is 12.5 Å². The molecule has 1 aromatic heterocycles. The standard InChI is InChI=1S/C16H18ClN3O2/c1-11(9-20-6-2-5-18-20)19-16(21)13-7-12-8-14(17)3-4-15(12)22-10-13/h2-6,8,11,13H,7,9-10H2,1H3,(H,19,21)/t11-,13+/m1/s1. The molecule has 2 atom stereocenters. The highest BCUT2D eigenvalue weighted by atomic mass is 35.5. The third-order valence-corrected chi connectivity index (χ3v) is 3.94. The molecule has 0 saturated heterocycles. The van der Waals surface area contributed by atoms with E-state index in [0.717, 1.165) is 11.3 Å². The number of nitrogens with zero attached hydrogens (tertiary/aromatic N) is 2. The number of carbonyl (C=O) groups is 1. The lowest BCUT2D eigenvalue weighted by atomic mass is 9.96. The van der Waals surface area contributed by atoms with Crippen LogP contribution in [0.3, 0.4) is 0 Å². The Labute approximate surface area is 134 Å². The Morgan fingerprint density at radius 2 is 2.45 bits per heavy atom. The fourth-order valence-corrected chi connectivity index (χ4v) is 2.82. The van der Waals surface area contributed by atoms with Crippen LogP contribution in [0.25, 0.3) is 0 Å². The van der Waals surface area contributed by atoms with Gasteiger partial charge in [0.1, 0.15) is 12.4 Å². The van der Waals surface area contributed by atoms with Crippen LogP contribution in [0.5, 0.6) is 5.75 Å². The van der Waals surface area contributed by atoms with Crippen LogP contribution >= 0.6 is 11.6 Å². The fourth-order valence-electron chi connectivity index (χ4n) is 2.63. The summed E-state index contributed by atoms with van der Waals surface area (Å²) in [5.74, 6) is 0.634. The quantitative estimate of drug-likeness (QED) is 0.940. The molecule has 6 heteroatoms. The van der Waals surface area contributed by atoms with Crippen molar-refractivity contribution in [2.24, 2.45) is 5.92 Å². The molecule has 1 aliphatic rings. The molecule has 22 heavy (non-hydrogen) atoms. The first-order chi connectivity index (χ1) is 10.6. The Balaban J connectivity index is 1.59. The van der Waals surface area contributed by atoms with E-state index in [-0.39, 0.29) is 17.9 Å². The van der Waals surface area contributed by atoms with Gasteiger partial charge >= 0.3 is 0 Å². The Bertz CT molecular complexity index is 657. The van der Waals surface area contributed by atoms with Gasteiger partial charge in [-0.3, -0.25) is 9.48 Å². The number of benzene rings is 1. The summed E-state index contributed by atoms with van der Waals surface area (Å²) in [6, 6.07) is 7.39. The lowest BCUT2D eigenvalue weighted by Gasteiger charge is -2.26. The van der Waals surface area contributed by atoms with Gasteiger partial charge in [0.25, 0.3) is 0 Å². The van der Waals surface area contributed by atoms with Gasteiger partial charge in [-0.15, -0.1) is 0 Å². The summed E-state index contributed by atoms with van der Waals surface area (Å²) in [5.41, 5.74) is 0.985. The third-order valence-electron chi connectivity index (χ3n) is 3.71. The SMILES string of the molecule is C[C@H](Cn1cccn1)NC(=O)[C@@H]1COc2ccc(Cl)cc2C1. The van der Waals surface area contributed by atoms with Crippen molar-refractivity contribution in [1.82, 2.24) is 15.1 Å². The van der Waals surface area contributed by atoms with Crippen LogP contribution in [0.15, 0.2) is 36.7 Å². The van der Waals surface area contributed by atoms with Crippen LogP contribution < -0.4 is 10.1 Å². The number of amides is 1. The predicted molar refractivity (Wildman–Crippen MR) is 84.0 cm³/mol. The molecule has 0 unspecified atom stereocenters. The van der Waals surface area contributed by atoms with E-state index in [2.05, 4.69) is 10.4 Å². The molecular formula is C16H18ClN3O2. The highest BCUT2D eigenvalue weighted by Gasteiger charge is 2.27. The van der Waals surface area contributed by atoms with Crippen molar-refractivity contribution in [2.45, 2.75) is 25.9 Å². The smallest absolute Gasteiger partial charge is 0.227 e. The Morgan fingerprint density at radius 1 is 1.59 bits per heavy atom. The number of hydrogen-bond donors (Lipinski definition) is 1. The number of hydrogen-bond acceptors (Lipinski definition) is 3. The summed E-state index contributed by atoms with van der Waals surface area (Å²) in [6.07, 6.45) is 4.25. The number of rotatable bonds is 4. The van der Waals surface area contributed by atoms with E-state index < -0.39 is 0 Å². The third kappa shape index (κ3) is 3.42. The molecule has 3 rings (SSSR count). The maximum absolute atomic E-state index is 12.4. The Kier molecular flexibility index (Phi) is 4.34. The van der Waals surface area contributed by atoms with E-state index in [0.29, 0.717) is 24.6 Å². The van der Waals surface area contributed by atoms with E-state index in [1.165, 1.54) is 0 Å². The first-order valence-electron chi connectivity index (χ1n) is 7.31. The highest BCUT2D eigenvalue weighted by Crippen LogP contribution is 2.29. The van der Waals surface area contributed by atoms with Crippen molar-refractivity contribution < 1.29 is 9.53 Å². The van der Waals surface area contributed by atoms with E-state index in [1.54, 1.807) is 16.9 Å². The molecule has 2 heterocycles. The summed E-state index contributed by atoms with van der Waals surface area (Å²) in [4.78, 5) is 12.4. The van der Waals surface area contributed by atoms with Gasteiger partial charge in [-0.25, -0.2) is 0 Å². The van der Waals surface area contributed by atoms with Crippen LogP contribution in [-0.4, -0.2) is 28.3 Å². The average Bonchev–Trinajstić information content (AvgIpc) is 2.99. The Hall–Kier alpha value is -2.01. The zero-order valence-electron chi connectivity index (χ0n) is 12.3. The van der Waals surface area contributed by atoms with Gasteiger partial charge in [-0.1, -0.05) is 11.6 Å². The minimum atomic E-state index is -0.189. The van der Waals surface area contributed by atoms with Gasteiger partial charge in [-0.2, -0.15) is 5.10 Å². The normalized spacial score (nSPS) is 18.2. The van der Waals surface area contributed by atoms with Crippen molar-refractivity contribution in [3.63, 3.8) is 0 Å². The maximum Gasteiger partial charge on any atom is 0.227 e. The van der Waals surface area contributed by atoms with Crippen molar-refractivity contribution >= 4 is 17.5 Å². The number of carbonyl (C=O) groups excluding carboxylic acids is 1. The van der Waals surface area contributed by atoms with Crippen molar-refractivity contribution in [2.75, 3.05) is 6.61 Å². The second kappa shape index (κ2) is 6.40. The van der Waals surface area contributed by atoms with Gasteiger partial charge in [-0.05, 0) is 43.2 Å². The number of halogens is 1.